The minimum atomic E-state index is -0.410. The zero-order valence-electron chi connectivity index (χ0n) is 8.53. The number of aromatic nitrogens is 1. The van der Waals surface area contributed by atoms with E-state index in [-0.39, 0.29) is 0 Å². The van der Waals surface area contributed by atoms with Gasteiger partial charge in [-0.05, 0) is 26.2 Å². The zero-order valence-corrected chi connectivity index (χ0v) is 8.53. The monoisotopic (exact) mass is 193 g/mol. The van der Waals surface area contributed by atoms with E-state index in [1.165, 1.54) is 0 Å². The molecule has 4 nitrogen and oxygen atoms in total. The van der Waals surface area contributed by atoms with Crippen LogP contribution in [0.4, 0.5) is 0 Å². The summed E-state index contributed by atoms with van der Waals surface area (Å²) < 4.78 is 0. The summed E-state index contributed by atoms with van der Waals surface area (Å²) in [6.45, 7) is 0.858. The van der Waals surface area contributed by atoms with E-state index in [0.717, 1.165) is 18.7 Å². The van der Waals surface area contributed by atoms with Gasteiger partial charge >= 0.3 is 0 Å². The third kappa shape index (κ3) is 2.81. The fraction of sp³-hybridized carbons (Fsp3) is 0.400. The number of nitrogens with zero attached hydrogens (tertiary/aromatic N) is 2. The molecule has 1 heterocycles. The normalized spacial score (nSPS) is 10.5. The number of hydrogen-bond donors (Lipinski definition) is 1. The fourth-order valence-electron chi connectivity index (χ4n) is 1.19. The SMILES string of the molecule is CN(C)CCc1ncccc1C(N)=O. The van der Waals surface area contributed by atoms with Crippen LogP contribution in [-0.4, -0.2) is 36.4 Å². The van der Waals surface area contributed by atoms with Crippen LogP contribution in [0.25, 0.3) is 0 Å². The van der Waals surface area contributed by atoms with E-state index in [2.05, 4.69) is 4.98 Å². The molecule has 0 aromatic carbocycles. The molecule has 1 rings (SSSR count). The highest BCUT2D eigenvalue weighted by Gasteiger charge is 2.08. The summed E-state index contributed by atoms with van der Waals surface area (Å²) in [5.74, 6) is -0.410. The second-order valence-electron chi connectivity index (χ2n) is 3.42. The van der Waals surface area contributed by atoms with Crippen molar-refractivity contribution in [1.29, 1.82) is 0 Å². The van der Waals surface area contributed by atoms with Gasteiger partial charge in [-0.1, -0.05) is 0 Å². The average molecular weight is 193 g/mol. The quantitative estimate of drug-likeness (QED) is 0.747. The Bertz CT molecular complexity index is 323. The van der Waals surface area contributed by atoms with Gasteiger partial charge in [0, 0.05) is 19.2 Å². The lowest BCUT2D eigenvalue weighted by molar-refractivity contribution is 0.0999. The number of hydrogen-bond acceptors (Lipinski definition) is 3. The summed E-state index contributed by atoms with van der Waals surface area (Å²) >= 11 is 0. The summed E-state index contributed by atoms with van der Waals surface area (Å²) in [7, 11) is 3.96. The molecule has 4 heteroatoms. The highest BCUT2D eigenvalue weighted by Crippen LogP contribution is 2.05. The van der Waals surface area contributed by atoms with Gasteiger partial charge < -0.3 is 10.6 Å². The van der Waals surface area contributed by atoms with Gasteiger partial charge in [0.15, 0.2) is 0 Å². The minimum absolute atomic E-state index is 0.410. The van der Waals surface area contributed by atoms with Crippen LogP contribution in [0, 0.1) is 0 Å². The van der Waals surface area contributed by atoms with Gasteiger partial charge in [-0.15, -0.1) is 0 Å². The van der Waals surface area contributed by atoms with Gasteiger partial charge in [0.1, 0.15) is 0 Å². The van der Waals surface area contributed by atoms with Crippen molar-refractivity contribution >= 4 is 5.91 Å². The van der Waals surface area contributed by atoms with Crippen LogP contribution in [0.5, 0.6) is 0 Å². The molecule has 0 radical (unpaired) electrons. The Labute approximate surface area is 83.7 Å². The number of carbonyl (C=O) groups excluding carboxylic acids is 1. The molecule has 14 heavy (non-hydrogen) atoms. The van der Waals surface area contributed by atoms with Crippen molar-refractivity contribution in [3.05, 3.63) is 29.6 Å². The molecule has 0 saturated heterocycles. The first-order chi connectivity index (χ1) is 6.61. The maximum atomic E-state index is 11.0. The Morgan fingerprint density at radius 3 is 2.86 bits per heavy atom. The van der Waals surface area contributed by atoms with Crippen LogP contribution in [-0.2, 0) is 6.42 Å². The Balaban J connectivity index is 2.79. The molecule has 0 unspecified atom stereocenters. The summed E-state index contributed by atoms with van der Waals surface area (Å²) in [4.78, 5) is 17.2. The van der Waals surface area contributed by atoms with Gasteiger partial charge in [-0.3, -0.25) is 9.78 Å². The third-order valence-corrected chi connectivity index (χ3v) is 1.95. The van der Waals surface area contributed by atoms with Crippen molar-refractivity contribution < 1.29 is 4.79 Å². The third-order valence-electron chi connectivity index (χ3n) is 1.95. The Morgan fingerprint density at radius 2 is 2.29 bits per heavy atom. The van der Waals surface area contributed by atoms with Gasteiger partial charge in [-0.25, -0.2) is 0 Å². The Hall–Kier alpha value is -1.42. The number of amides is 1. The Morgan fingerprint density at radius 1 is 1.57 bits per heavy atom. The van der Waals surface area contributed by atoms with Crippen molar-refractivity contribution in [1.82, 2.24) is 9.88 Å². The fourth-order valence-corrected chi connectivity index (χ4v) is 1.19. The van der Waals surface area contributed by atoms with Crippen LogP contribution in [0.1, 0.15) is 16.1 Å². The molecule has 0 aliphatic rings. The lowest BCUT2D eigenvalue weighted by Crippen LogP contribution is -2.19. The number of carbonyl (C=O) groups is 1. The summed E-state index contributed by atoms with van der Waals surface area (Å²) in [5, 5.41) is 0. The smallest absolute Gasteiger partial charge is 0.250 e. The molecule has 0 saturated carbocycles. The molecular weight excluding hydrogens is 178 g/mol. The van der Waals surface area contributed by atoms with E-state index >= 15 is 0 Å². The largest absolute Gasteiger partial charge is 0.366 e. The second-order valence-corrected chi connectivity index (χ2v) is 3.42. The highest BCUT2D eigenvalue weighted by molar-refractivity contribution is 5.93. The Kier molecular flexibility index (Phi) is 3.59. The van der Waals surface area contributed by atoms with Crippen LogP contribution < -0.4 is 5.73 Å². The number of nitrogens with two attached hydrogens (primary N) is 1. The van der Waals surface area contributed by atoms with Crippen molar-refractivity contribution in [2.75, 3.05) is 20.6 Å². The molecule has 0 aliphatic carbocycles. The number of likely N-dealkylation sites (N-methyl/N-ethyl adjacent to an activating group) is 1. The number of pyridine rings is 1. The predicted molar refractivity (Wildman–Crippen MR) is 55.0 cm³/mol. The van der Waals surface area contributed by atoms with Crippen LogP contribution in [0.15, 0.2) is 18.3 Å². The van der Waals surface area contributed by atoms with Gasteiger partial charge in [0.05, 0.1) is 11.3 Å². The van der Waals surface area contributed by atoms with E-state index in [4.69, 9.17) is 5.73 Å². The maximum absolute atomic E-state index is 11.0. The zero-order chi connectivity index (χ0) is 10.6. The van der Waals surface area contributed by atoms with Crippen LogP contribution >= 0.6 is 0 Å². The summed E-state index contributed by atoms with van der Waals surface area (Å²) in [6.07, 6.45) is 2.42. The maximum Gasteiger partial charge on any atom is 0.250 e. The molecule has 0 aliphatic heterocycles. The molecule has 0 fully saturated rings. The molecule has 2 N–H and O–H groups in total. The van der Waals surface area contributed by atoms with Crippen molar-refractivity contribution in [3.63, 3.8) is 0 Å². The first-order valence-corrected chi connectivity index (χ1v) is 4.49. The van der Waals surface area contributed by atoms with E-state index in [9.17, 15) is 4.79 Å². The summed E-state index contributed by atoms with van der Waals surface area (Å²) in [5.41, 5.74) is 6.52. The lowest BCUT2D eigenvalue weighted by atomic mass is 10.1. The molecule has 76 valence electrons. The van der Waals surface area contributed by atoms with E-state index in [1.54, 1.807) is 18.3 Å². The summed E-state index contributed by atoms with van der Waals surface area (Å²) in [6, 6.07) is 3.43. The molecule has 0 spiro atoms. The van der Waals surface area contributed by atoms with E-state index < -0.39 is 5.91 Å². The molecule has 0 bridgehead atoms. The van der Waals surface area contributed by atoms with Crippen LogP contribution in [0.3, 0.4) is 0 Å². The first kappa shape index (κ1) is 10.7. The molecule has 1 aromatic rings. The van der Waals surface area contributed by atoms with E-state index in [0.29, 0.717) is 5.56 Å². The molecule has 0 atom stereocenters. The molecule has 1 amide bonds. The van der Waals surface area contributed by atoms with Crippen LogP contribution in [0.2, 0.25) is 0 Å². The average Bonchev–Trinajstić information content (AvgIpc) is 2.15. The highest BCUT2D eigenvalue weighted by atomic mass is 16.1. The predicted octanol–water partition coefficient (Wildman–Crippen LogP) is 0.285. The first-order valence-electron chi connectivity index (χ1n) is 4.49. The topological polar surface area (TPSA) is 59.2 Å². The molecular formula is C10H15N3O. The van der Waals surface area contributed by atoms with E-state index in [1.807, 2.05) is 19.0 Å². The number of primary amides is 1. The van der Waals surface area contributed by atoms with Crippen molar-refractivity contribution in [2.24, 2.45) is 5.73 Å². The standard InChI is InChI=1S/C10H15N3O/c1-13(2)7-5-9-8(10(11)14)4-3-6-12-9/h3-4,6H,5,7H2,1-2H3,(H2,11,14). The van der Waals surface area contributed by atoms with Gasteiger partial charge in [0.25, 0.3) is 5.91 Å². The molecule has 1 aromatic heterocycles. The minimum Gasteiger partial charge on any atom is -0.366 e. The number of rotatable bonds is 4. The van der Waals surface area contributed by atoms with Gasteiger partial charge in [0.2, 0.25) is 0 Å². The second kappa shape index (κ2) is 4.72. The lowest BCUT2D eigenvalue weighted by Gasteiger charge is -2.10. The van der Waals surface area contributed by atoms with Gasteiger partial charge in [-0.2, -0.15) is 0 Å². The van der Waals surface area contributed by atoms with Crippen molar-refractivity contribution in [3.8, 4) is 0 Å². The van der Waals surface area contributed by atoms with Crippen molar-refractivity contribution in [2.45, 2.75) is 6.42 Å².